The molecule has 0 saturated heterocycles. The van der Waals surface area contributed by atoms with Crippen LogP contribution in [0.4, 0.5) is 0 Å². The molecule has 0 aliphatic carbocycles. The first kappa shape index (κ1) is 30.1. The van der Waals surface area contributed by atoms with Crippen LogP contribution in [-0.4, -0.2) is 26.9 Å². The van der Waals surface area contributed by atoms with Crippen LogP contribution in [0.2, 0.25) is 0 Å². The monoisotopic (exact) mass is 576 g/mol. The van der Waals surface area contributed by atoms with E-state index in [-0.39, 0.29) is 10.6 Å². The Labute approximate surface area is 260 Å². The molecule has 0 N–H and O–H groups in total. The van der Waals surface area contributed by atoms with Gasteiger partial charge in [0.1, 0.15) is 7.85 Å². The first-order valence-electron chi connectivity index (χ1n) is 15.2. The molecule has 1 heterocycles. The van der Waals surface area contributed by atoms with Gasteiger partial charge < -0.3 is 4.57 Å². The van der Waals surface area contributed by atoms with Gasteiger partial charge in [-0.2, -0.15) is 0 Å². The molecule has 5 aromatic carbocycles. The summed E-state index contributed by atoms with van der Waals surface area (Å²) in [4.78, 5) is 4.41. The fourth-order valence-corrected chi connectivity index (χ4v) is 8.08. The van der Waals surface area contributed by atoms with Crippen LogP contribution in [0.15, 0.2) is 164 Å². The fraction of sp³-hybridized carbons (Fsp3) is 0.154. The lowest BCUT2D eigenvalue weighted by molar-refractivity contribution is 0.590. The van der Waals surface area contributed by atoms with Gasteiger partial charge in [0, 0.05) is 12.4 Å². The highest BCUT2D eigenvalue weighted by molar-refractivity contribution is 6.57. The summed E-state index contributed by atoms with van der Waals surface area (Å²) in [6.45, 7) is 6.80. The summed E-state index contributed by atoms with van der Waals surface area (Å²) in [5.41, 5.74) is 6.92. The van der Waals surface area contributed by atoms with Crippen molar-refractivity contribution in [2.45, 2.75) is 37.2 Å². The molecule has 0 amide bonds. The smallest absolute Gasteiger partial charge is 0.116 e. The Morgan fingerprint density at radius 1 is 0.581 bits per heavy atom. The van der Waals surface area contributed by atoms with Crippen LogP contribution >= 0.6 is 0 Å². The highest BCUT2D eigenvalue weighted by Crippen LogP contribution is 2.33. The van der Waals surface area contributed by atoms with Gasteiger partial charge in [0.15, 0.2) is 0 Å². The van der Waals surface area contributed by atoms with E-state index in [1.807, 2.05) is 12.5 Å². The predicted octanol–water partition coefficient (Wildman–Crippen LogP) is 6.83. The number of rotatable bonds is 7. The number of nitrogens with zero attached hydrogens (tertiary/aromatic N) is 2. The summed E-state index contributed by atoms with van der Waals surface area (Å²) in [7, 11) is 1.43. The molecule has 6 rings (SSSR count). The van der Waals surface area contributed by atoms with Gasteiger partial charge in [-0.1, -0.05) is 172 Å². The zero-order chi connectivity index (χ0) is 30.1. The molecule has 0 atom stereocenters. The lowest BCUT2D eigenvalue weighted by atomic mass is 9.76. The Morgan fingerprint density at radius 2 is 1.02 bits per heavy atom. The molecule has 43 heavy (non-hydrogen) atoms. The lowest BCUT2D eigenvalue weighted by Gasteiger charge is -2.37. The van der Waals surface area contributed by atoms with Crippen molar-refractivity contribution < 1.29 is 0 Å². The van der Waals surface area contributed by atoms with Crippen molar-refractivity contribution in [3.63, 3.8) is 0 Å². The summed E-state index contributed by atoms with van der Waals surface area (Å²) in [6.07, 6.45) is 5.96. The SMILES string of the molecule is BC(c1ccccc1)c1ccccc1.CC(C)(C)c1ccc([SiH2]C(c2ccccc2)(c2ccccc2)n2ccnc2)cc1. The molecule has 2 nitrogen and oxygen atoms in total. The van der Waals surface area contributed by atoms with Gasteiger partial charge in [-0.15, -0.1) is 0 Å². The fourth-order valence-electron chi connectivity index (χ4n) is 5.77. The maximum atomic E-state index is 4.41. The molecule has 0 spiro atoms. The van der Waals surface area contributed by atoms with Crippen molar-refractivity contribution in [1.82, 2.24) is 9.55 Å². The second kappa shape index (κ2) is 13.7. The third kappa shape index (κ3) is 7.15. The lowest BCUT2D eigenvalue weighted by Crippen LogP contribution is -2.46. The average molecular weight is 577 g/mol. The number of hydrogen-bond donors (Lipinski definition) is 0. The zero-order valence-corrected chi connectivity index (χ0v) is 27.2. The third-order valence-corrected chi connectivity index (χ3v) is 10.9. The second-order valence-electron chi connectivity index (χ2n) is 12.2. The summed E-state index contributed by atoms with van der Waals surface area (Å²) < 4.78 is 2.31. The number of hydrogen-bond acceptors (Lipinski definition) is 1. The zero-order valence-electron chi connectivity index (χ0n) is 25.8. The molecule has 0 saturated carbocycles. The van der Waals surface area contributed by atoms with Crippen LogP contribution < -0.4 is 5.19 Å². The molecule has 0 aliphatic heterocycles. The Balaban J connectivity index is 0.000000220. The van der Waals surface area contributed by atoms with Crippen molar-refractivity contribution >= 4 is 22.6 Å². The van der Waals surface area contributed by atoms with Crippen LogP contribution in [0.5, 0.6) is 0 Å². The number of imidazole rings is 1. The normalized spacial score (nSPS) is 11.8. The standard InChI is InChI=1S/C26H28N2Si.C13H13B/c1-25(2,3)21-14-16-24(17-15-21)29-26(28-19-18-27-20-28,22-10-6-4-7-11-22)23-12-8-5-9-13-23;14-13(11-7-3-1-4-8-11)12-9-5-2-6-10-12/h4-20H,29H2,1-3H3;1-10,13H,14H2. The Bertz CT molecular complexity index is 1570. The van der Waals surface area contributed by atoms with E-state index in [0.717, 1.165) is 0 Å². The van der Waals surface area contributed by atoms with Crippen LogP contribution in [0.3, 0.4) is 0 Å². The minimum Gasteiger partial charge on any atom is -0.326 e. The van der Waals surface area contributed by atoms with Crippen LogP contribution in [-0.2, 0) is 10.6 Å². The molecule has 6 aromatic rings. The Kier molecular flexibility index (Phi) is 9.59. The van der Waals surface area contributed by atoms with Gasteiger partial charge in [0.25, 0.3) is 0 Å². The highest BCUT2D eigenvalue weighted by Gasteiger charge is 2.36. The number of aromatic nitrogens is 2. The molecule has 0 aliphatic rings. The molecule has 0 unspecified atom stereocenters. The van der Waals surface area contributed by atoms with E-state index in [1.165, 1.54) is 33.0 Å². The number of benzene rings is 5. The van der Waals surface area contributed by atoms with E-state index in [9.17, 15) is 0 Å². The summed E-state index contributed by atoms with van der Waals surface area (Å²) in [6, 6.07) is 52.2. The van der Waals surface area contributed by atoms with E-state index in [0.29, 0.717) is 5.82 Å². The van der Waals surface area contributed by atoms with Crippen LogP contribution in [0.25, 0.3) is 0 Å². The third-order valence-electron chi connectivity index (χ3n) is 8.33. The van der Waals surface area contributed by atoms with Crippen molar-refractivity contribution in [3.8, 4) is 0 Å². The summed E-state index contributed by atoms with van der Waals surface area (Å²) in [5.74, 6) is 0.484. The van der Waals surface area contributed by atoms with Gasteiger partial charge in [0.05, 0.1) is 21.0 Å². The Hall–Kier alpha value is -4.41. The topological polar surface area (TPSA) is 17.8 Å². The molecular weight excluding hydrogens is 535 g/mol. The van der Waals surface area contributed by atoms with E-state index in [1.54, 1.807) is 0 Å². The summed E-state index contributed by atoms with van der Waals surface area (Å²) in [5, 5.41) is 1.22. The molecule has 1 aromatic heterocycles. The molecule has 214 valence electrons. The van der Waals surface area contributed by atoms with E-state index in [4.69, 9.17) is 0 Å². The molecular formula is C39H41BN2Si. The van der Waals surface area contributed by atoms with E-state index >= 15 is 0 Å². The van der Waals surface area contributed by atoms with E-state index in [2.05, 4.69) is 190 Å². The Morgan fingerprint density at radius 3 is 1.42 bits per heavy atom. The maximum Gasteiger partial charge on any atom is 0.116 e. The molecule has 4 heteroatoms. The predicted molar refractivity (Wildman–Crippen MR) is 188 cm³/mol. The maximum absolute atomic E-state index is 4.41. The molecule has 0 bridgehead atoms. The minimum atomic E-state index is -0.807. The van der Waals surface area contributed by atoms with Crippen molar-refractivity contribution in [2.75, 3.05) is 0 Å². The van der Waals surface area contributed by atoms with Crippen molar-refractivity contribution in [3.05, 3.63) is 192 Å². The summed E-state index contributed by atoms with van der Waals surface area (Å²) >= 11 is 0. The van der Waals surface area contributed by atoms with Crippen molar-refractivity contribution in [2.24, 2.45) is 0 Å². The van der Waals surface area contributed by atoms with Gasteiger partial charge in [0.2, 0.25) is 0 Å². The van der Waals surface area contributed by atoms with Gasteiger partial charge in [-0.25, -0.2) is 4.98 Å². The minimum absolute atomic E-state index is 0.167. The van der Waals surface area contributed by atoms with E-state index < -0.39 is 9.52 Å². The van der Waals surface area contributed by atoms with Crippen LogP contribution in [0.1, 0.15) is 54.4 Å². The average Bonchev–Trinajstić information content (AvgIpc) is 3.61. The second-order valence-corrected chi connectivity index (χ2v) is 14.4. The van der Waals surface area contributed by atoms with Gasteiger partial charge >= 0.3 is 0 Å². The van der Waals surface area contributed by atoms with Gasteiger partial charge in [-0.3, -0.25) is 0 Å². The van der Waals surface area contributed by atoms with Crippen molar-refractivity contribution in [1.29, 1.82) is 0 Å². The molecule has 0 radical (unpaired) electrons. The van der Waals surface area contributed by atoms with Gasteiger partial charge in [-0.05, 0) is 39.0 Å². The first-order chi connectivity index (χ1) is 20.9. The largest absolute Gasteiger partial charge is 0.326 e. The quantitative estimate of drug-likeness (QED) is 0.191. The van der Waals surface area contributed by atoms with Crippen LogP contribution in [0, 0.1) is 0 Å². The molecule has 0 fully saturated rings. The highest BCUT2D eigenvalue weighted by atomic mass is 28.2. The first-order valence-corrected chi connectivity index (χ1v) is 16.6.